The molecule has 0 fully saturated rings. The molecule has 0 unspecified atom stereocenters. The fourth-order valence-corrected chi connectivity index (χ4v) is 2.71. The minimum absolute atomic E-state index is 0.0950. The first-order chi connectivity index (χ1) is 9.70. The lowest BCUT2D eigenvalue weighted by Gasteiger charge is -2.11. The van der Waals surface area contributed by atoms with Gasteiger partial charge in [0.25, 0.3) is 9.05 Å². The third-order valence-electron chi connectivity index (χ3n) is 2.46. The second kappa shape index (κ2) is 4.71. The van der Waals surface area contributed by atoms with Crippen LogP contribution in [-0.2, 0) is 9.05 Å². The van der Waals surface area contributed by atoms with Crippen molar-refractivity contribution in [1.82, 2.24) is 0 Å². The van der Waals surface area contributed by atoms with E-state index in [0.29, 0.717) is 0 Å². The predicted molar refractivity (Wildman–Crippen MR) is 70.5 cm³/mol. The lowest BCUT2D eigenvalue weighted by atomic mass is 10.1. The Morgan fingerprint density at radius 1 is 1.42 bits per heavy atom. The van der Waals surface area contributed by atoms with Crippen molar-refractivity contribution in [3.63, 3.8) is 0 Å². The smallest absolute Gasteiger partial charge is 0.339 e. The van der Waals surface area contributed by atoms with E-state index in [-0.39, 0.29) is 22.6 Å². The van der Waals surface area contributed by atoms with Crippen LogP contribution in [0.15, 0.2) is 35.2 Å². The van der Waals surface area contributed by atoms with Gasteiger partial charge in [0.1, 0.15) is 11.3 Å². The molecule has 0 aliphatic rings. The zero-order valence-electron chi connectivity index (χ0n) is 11.6. The SMILES string of the molecule is [2H]c1c(C(=O)O)c(OC)c2cccc([2H])c2c1S(=O)(=O)Cl. The minimum atomic E-state index is -4.42. The Bertz CT molecular complexity index is 864. The Morgan fingerprint density at radius 3 is 2.63 bits per heavy atom. The van der Waals surface area contributed by atoms with E-state index in [1.807, 2.05) is 0 Å². The van der Waals surface area contributed by atoms with E-state index in [1.165, 1.54) is 25.3 Å². The Labute approximate surface area is 116 Å². The third kappa shape index (κ3) is 2.36. The summed E-state index contributed by atoms with van der Waals surface area (Å²) >= 11 is 0. The van der Waals surface area contributed by atoms with Gasteiger partial charge in [-0.05, 0) is 6.04 Å². The summed E-state index contributed by atoms with van der Waals surface area (Å²) in [6, 6.07) is 3.17. The highest BCUT2D eigenvalue weighted by Crippen LogP contribution is 2.35. The number of hydrogen-bond donors (Lipinski definition) is 1. The molecule has 1 N–H and O–H groups in total. The van der Waals surface area contributed by atoms with E-state index in [0.717, 1.165) is 0 Å². The highest BCUT2D eigenvalue weighted by Gasteiger charge is 2.22. The van der Waals surface area contributed by atoms with Crippen LogP contribution in [0, 0.1) is 0 Å². The summed E-state index contributed by atoms with van der Waals surface area (Å²) in [6.07, 6.45) is 0. The van der Waals surface area contributed by atoms with Gasteiger partial charge in [0.15, 0.2) is 0 Å². The van der Waals surface area contributed by atoms with Crippen molar-refractivity contribution in [2.45, 2.75) is 4.90 Å². The van der Waals surface area contributed by atoms with E-state index < -0.39 is 31.5 Å². The van der Waals surface area contributed by atoms with Crippen LogP contribution in [0.2, 0.25) is 0 Å². The largest absolute Gasteiger partial charge is 0.495 e. The van der Waals surface area contributed by atoms with Gasteiger partial charge in [-0.2, -0.15) is 0 Å². The average Bonchev–Trinajstić information content (AvgIpc) is 2.36. The van der Waals surface area contributed by atoms with Crippen molar-refractivity contribution in [1.29, 1.82) is 0 Å². The van der Waals surface area contributed by atoms with Crippen molar-refractivity contribution >= 4 is 36.5 Å². The number of aromatic carboxylic acids is 1. The summed E-state index contributed by atoms with van der Waals surface area (Å²) in [5, 5.41) is 9.17. The number of fused-ring (bicyclic) bond motifs is 1. The molecule has 7 heteroatoms. The van der Waals surface area contributed by atoms with Crippen LogP contribution >= 0.6 is 10.7 Å². The lowest BCUT2D eigenvalue weighted by Crippen LogP contribution is -2.04. The van der Waals surface area contributed by atoms with Gasteiger partial charge >= 0.3 is 5.97 Å². The zero-order valence-corrected chi connectivity index (χ0v) is 11.2. The summed E-state index contributed by atoms with van der Waals surface area (Å²) < 4.78 is 44.1. The first-order valence-electron chi connectivity index (χ1n) is 5.98. The number of methoxy groups -OCH3 is 1. The molecule has 0 heterocycles. The van der Waals surface area contributed by atoms with Crippen LogP contribution in [0.4, 0.5) is 0 Å². The summed E-state index contributed by atoms with van der Waals surface area (Å²) in [5.41, 5.74) is -0.616. The topological polar surface area (TPSA) is 80.7 Å². The molecule has 2 aromatic rings. The van der Waals surface area contributed by atoms with Crippen molar-refractivity contribution in [3.8, 4) is 5.75 Å². The van der Waals surface area contributed by atoms with Gasteiger partial charge in [-0.25, -0.2) is 13.2 Å². The molecule has 0 aliphatic carbocycles. The number of rotatable bonds is 3. The van der Waals surface area contributed by atoms with Gasteiger partial charge in [0.2, 0.25) is 0 Å². The molecule has 0 atom stereocenters. The highest BCUT2D eigenvalue weighted by atomic mass is 35.7. The number of carbonyl (C=O) groups is 1. The van der Waals surface area contributed by atoms with Crippen molar-refractivity contribution in [2.24, 2.45) is 0 Å². The van der Waals surface area contributed by atoms with E-state index in [2.05, 4.69) is 0 Å². The van der Waals surface area contributed by atoms with Gasteiger partial charge < -0.3 is 9.84 Å². The molecule has 2 rings (SSSR count). The Balaban J connectivity index is 3.23. The molecule has 0 saturated heterocycles. The molecule has 5 nitrogen and oxygen atoms in total. The molecule has 0 spiro atoms. The van der Waals surface area contributed by atoms with Crippen LogP contribution in [0.3, 0.4) is 0 Å². The molecule has 0 aliphatic heterocycles. The van der Waals surface area contributed by atoms with E-state index in [9.17, 15) is 18.3 Å². The molecule has 0 amide bonds. The lowest BCUT2D eigenvalue weighted by molar-refractivity contribution is 0.0693. The monoisotopic (exact) mass is 302 g/mol. The summed E-state index contributed by atoms with van der Waals surface area (Å²) in [5.74, 6) is -1.70. The normalized spacial score (nSPS) is 12.9. The average molecular weight is 303 g/mol. The molecule has 100 valence electrons. The molecular formula is C12H9ClO5S. The van der Waals surface area contributed by atoms with Crippen LogP contribution in [-0.4, -0.2) is 26.6 Å². The first-order valence-corrected chi connectivity index (χ1v) is 7.29. The van der Waals surface area contributed by atoms with Crippen LogP contribution in [0.1, 0.15) is 13.1 Å². The predicted octanol–water partition coefficient (Wildman–Crippen LogP) is 2.47. The van der Waals surface area contributed by atoms with Gasteiger partial charge in [-0.3, -0.25) is 0 Å². The quantitative estimate of drug-likeness (QED) is 0.881. The van der Waals surface area contributed by atoms with Crippen LogP contribution in [0.5, 0.6) is 5.75 Å². The first kappa shape index (κ1) is 11.1. The molecule has 0 bridgehead atoms. The van der Waals surface area contributed by atoms with Crippen molar-refractivity contribution in [3.05, 3.63) is 35.8 Å². The zero-order chi connectivity index (χ0) is 15.9. The van der Waals surface area contributed by atoms with Crippen LogP contribution < -0.4 is 4.74 Å². The number of hydrogen-bond acceptors (Lipinski definition) is 4. The van der Waals surface area contributed by atoms with Gasteiger partial charge in [0, 0.05) is 21.5 Å². The van der Waals surface area contributed by atoms with Gasteiger partial charge in [-0.1, -0.05) is 24.2 Å². The molecule has 19 heavy (non-hydrogen) atoms. The number of ether oxygens (including phenoxy) is 1. The maximum atomic E-state index is 11.7. The maximum absolute atomic E-state index is 11.7. The standard InChI is InChI=1S/C12H9ClO5S/c1-18-11-8-5-3-2-4-7(8)10(19(13,16)17)6-9(11)12(14)15/h2-6H,1H3,(H,14,15)/i4D,6D. The fourth-order valence-electron chi connectivity index (χ4n) is 1.73. The van der Waals surface area contributed by atoms with Gasteiger partial charge in [0.05, 0.1) is 14.7 Å². The van der Waals surface area contributed by atoms with E-state index in [4.69, 9.17) is 18.2 Å². The molecule has 2 aromatic carbocycles. The second-order valence-electron chi connectivity index (χ2n) is 3.56. The summed E-state index contributed by atoms with van der Waals surface area (Å²) in [7, 11) is 2.10. The highest BCUT2D eigenvalue weighted by molar-refractivity contribution is 8.14. The van der Waals surface area contributed by atoms with Gasteiger partial charge in [-0.15, -0.1) is 0 Å². The molecule has 0 saturated carbocycles. The van der Waals surface area contributed by atoms with E-state index >= 15 is 0 Å². The second-order valence-corrected chi connectivity index (χ2v) is 6.07. The number of carboxylic acid groups (broad SMARTS) is 1. The fraction of sp³-hybridized carbons (Fsp3) is 0.0833. The summed E-state index contributed by atoms with van der Waals surface area (Å²) in [6.45, 7) is 0. The molecular weight excluding hydrogens is 292 g/mol. The van der Waals surface area contributed by atoms with Crippen molar-refractivity contribution < 1.29 is 25.8 Å². The van der Waals surface area contributed by atoms with Crippen molar-refractivity contribution in [2.75, 3.05) is 7.11 Å². The Morgan fingerprint density at radius 2 is 2.11 bits per heavy atom. The van der Waals surface area contributed by atoms with Crippen LogP contribution in [0.25, 0.3) is 10.8 Å². The number of benzene rings is 2. The Kier molecular flexibility index (Phi) is 2.75. The Hall–Kier alpha value is -1.79. The van der Waals surface area contributed by atoms with E-state index in [1.54, 1.807) is 0 Å². The molecule has 0 radical (unpaired) electrons. The molecule has 0 aromatic heterocycles. The summed E-state index contributed by atoms with van der Waals surface area (Å²) in [4.78, 5) is 10.6. The minimum Gasteiger partial charge on any atom is -0.495 e. The maximum Gasteiger partial charge on any atom is 0.339 e. The number of halogens is 1. The third-order valence-corrected chi connectivity index (χ3v) is 3.71. The number of carboxylic acids is 1.